The highest BCUT2D eigenvalue weighted by atomic mass is 79.9. The normalized spacial score (nSPS) is 11.7. The Morgan fingerprint density at radius 2 is 1.96 bits per heavy atom. The molecule has 0 aliphatic heterocycles. The summed E-state index contributed by atoms with van der Waals surface area (Å²) in [7, 11) is 0. The first-order valence-corrected chi connectivity index (χ1v) is 9.74. The molecular weight excluding hydrogens is 400 g/mol. The Balaban J connectivity index is 1.81. The van der Waals surface area contributed by atoms with Crippen LogP contribution >= 0.6 is 27.7 Å². The van der Waals surface area contributed by atoms with Crippen molar-refractivity contribution in [3.8, 4) is 0 Å². The Morgan fingerprint density at radius 1 is 1.20 bits per heavy atom. The number of nitrogens with zero attached hydrogens (tertiary/aromatic N) is 4. The fourth-order valence-corrected chi connectivity index (χ4v) is 3.32. The number of halogens is 1. The topological polar surface area (TPSA) is 56.2 Å². The van der Waals surface area contributed by atoms with Crippen LogP contribution in [0.4, 0.5) is 0 Å². The van der Waals surface area contributed by atoms with Gasteiger partial charge in [0, 0.05) is 16.1 Å². The zero-order chi connectivity index (χ0) is 17.8. The lowest BCUT2D eigenvalue weighted by Gasteiger charge is -2.06. The lowest BCUT2D eigenvalue weighted by atomic mass is 10.2. The minimum atomic E-state index is 0.227. The van der Waals surface area contributed by atoms with Gasteiger partial charge in [0.25, 0.3) is 0 Å². The van der Waals surface area contributed by atoms with E-state index in [1.165, 1.54) is 5.56 Å². The molecule has 25 heavy (non-hydrogen) atoms. The van der Waals surface area contributed by atoms with Gasteiger partial charge in [-0.25, -0.2) is 0 Å². The van der Waals surface area contributed by atoms with Crippen LogP contribution in [0.15, 0.2) is 55.5 Å². The molecule has 2 heterocycles. The van der Waals surface area contributed by atoms with Gasteiger partial charge < -0.3 is 4.42 Å². The molecule has 0 aliphatic carbocycles. The third kappa shape index (κ3) is 4.61. The molecule has 0 aliphatic rings. The maximum absolute atomic E-state index is 5.55. The van der Waals surface area contributed by atoms with E-state index in [1.54, 1.807) is 22.7 Å². The van der Waals surface area contributed by atoms with Crippen molar-refractivity contribution < 1.29 is 4.42 Å². The van der Waals surface area contributed by atoms with Gasteiger partial charge in [-0.1, -0.05) is 53.7 Å². The van der Waals surface area contributed by atoms with Crippen molar-refractivity contribution in [1.29, 1.82) is 0 Å². The van der Waals surface area contributed by atoms with Crippen molar-refractivity contribution in [2.45, 2.75) is 37.6 Å². The van der Waals surface area contributed by atoms with E-state index in [-0.39, 0.29) is 5.92 Å². The fourth-order valence-electron chi connectivity index (χ4n) is 2.20. The molecule has 2 aromatic heterocycles. The van der Waals surface area contributed by atoms with Crippen LogP contribution in [0.3, 0.4) is 0 Å². The van der Waals surface area contributed by atoms with Gasteiger partial charge >= 0.3 is 0 Å². The third-order valence-corrected chi connectivity index (χ3v) is 5.01. The minimum Gasteiger partial charge on any atom is -0.460 e. The molecule has 0 unspecified atom stereocenters. The SMILES string of the molecule is Cc1ccc(/C=N\n2c(SCc3ccc(Br)cc3)nnc2C(C)C)o1. The van der Waals surface area contributed by atoms with Crippen molar-refractivity contribution >= 4 is 33.9 Å². The quantitative estimate of drug-likeness (QED) is 0.405. The molecule has 5 nitrogen and oxygen atoms in total. The highest BCUT2D eigenvalue weighted by molar-refractivity contribution is 9.10. The molecule has 0 bridgehead atoms. The number of hydrogen-bond donors (Lipinski definition) is 0. The number of thioether (sulfide) groups is 1. The van der Waals surface area contributed by atoms with Gasteiger partial charge in [0.05, 0.1) is 6.21 Å². The molecule has 0 N–H and O–H groups in total. The van der Waals surface area contributed by atoms with Crippen molar-refractivity contribution in [2.75, 3.05) is 0 Å². The maximum atomic E-state index is 5.55. The van der Waals surface area contributed by atoms with E-state index in [2.05, 4.69) is 57.2 Å². The number of furan rings is 1. The summed E-state index contributed by atoms with van der Waals surface area (Å²) >= 11 is 5.07. The Morgan fingerprint density at radius 3 is 2.60 bits per heavy atom. The van der Waals surface area contributed by atoms with Crippen LogP contribution in [0.2, 0.25) is 0 Å². The van der Waals surface area contributed by atoms with Gasteiger partial charge in [0.2, 0.25) is 5.16 Å². The van der Waals surface area contributed by atoms with Crippen LogP contribution in [0.1, 0.15) is 42.7 Å². The first-order valence-electron chi connectivity index (χ1n) is 7.96. The molecule has 0 saturated heterocycles. The number of benzene rings is 1. The lowest BCUT2D eigenvalue weighted by Crippen LogP contribution is -2.02. The lowest BCUT2D eigenvalue weighted by molar-refractivity contribution is 0.526. The molecule has 0 fully saturated rings. The van der Waals surface area contributed by atoms with E-state index >= 15 is 0 Å². The fraction of sp³-hybridized carbons (Fsp3) is 0.278. The summed E-state index contributed by atoms with van der Waals surface area (Å²) < 4.78 is 8.42. The van der Waals surface area contributed by atoms with Crippen LogP contribution in [-0.2, 0) is 5.75 Å². The maximum Gasteiger partial charge on any atom is 0.212 e. The highest BCUT2D eigenvalue weighted by Gasteiger charge is 2.15. The number of rotatable bonds is 6. The summed E-state index contributed by atoms with van der Waals surface area (Å²) in [5, 5.41) is 13.9. The molecular formula is C18H19BrN4OS. The summed E-state index contributed by atoms with van der Waals surface area (Å²) in [5.41, 5.74) is 1.22. The van der Waals surface area contributed by atoms with Gasteiger partial charge in [-0.05, 0) is 36.8 Å². The van der Waals surface area contributed by atoms with E-state index in [0.29, 0.717) is 5.76 Å². The Bertz CT molecular complexity index is 868. The van der Waals surface area contributed by atoms with Crippen LogP contribution < -0.4 is 0 Å². The molecule has 0 saturated carbocycles. The third-order valence-electron chi connectivity index (χ3n) is 3.50. The van der Waals surface area contributed by atoms with Crippen LogP contribution in [0, 0.1) is 6.92 Å². The van der Waals surface area contributed by atoms with Gasteiger partial charge in [-0.2, -0.15) is 9.78 Å². The summed E-state index contributed by atoms with van der Waals surface area (Å²) in [6.45, 7) is 6.07. The standard InChI is InChI=1S/C18H19BrN4OS/c1-12(2)17-21-22-18(25-11-14-5-7-15(19)8-6-14)23(17)20-10-16-9-4-13(3)24-16/h4-10,12H,11H2,1-3H3/b20-10-. The summed E-state index contributed by atoms with van der Waals surface area (Å²) in [6.07, 6.45) is 1.70. The first kappa shape index (κ1) is 17.9. The Kier molecular flexibility index (Phi) is 5.75. The van der Waals surface area contributed by atoms with Crippen molar-refractivity contribution in [1.82, 2.24) is 14.9 Å². The highest BCUT2D eigenvalue weighted by Crippen LogP contribution is 2.25. The monoisotopic (exact) mass is 418 g/mol. The summed E-state index contributed by atoms with van der Waals surface area (Å²) in [6, 6.07) is 12.1. The number of aryl methyl sites for hydroxylation is 1. The van der Waals surface area contributed by atoms with E-state index in [4.69, 9.17) is 4.42 Å². The largest absolute Gasteiger partial charge is 0.460 e. The molecule has 1 aromatic carbocycles. The second kappa shape index (κ2) is 8.01. The zero-order valence-corrected chi connectivity index (χ0v) is 16.7. The van der Waals surface area contributed by atoms with Gasteiger partial charge in [-0.3, -0.25) is 0 Å². The van der Waals surface area contributed by atoms with Crippen LogP contribution in [0.25, 0.3) is 0 Å². The second-order valence-corrected chi connectivity index (χ2v) is 7.77. The van der Waals surface area contributed by atoms with Crippen molar-refractivity contribution in [2.24, 2.45) is 5.10 Å². The van der Waals surface area contributed by atoms with Gasteiger partial charge in [0.15, 0.2) is 5.82 Å². The van der Waals surface area contributed by atoms with E-state index in [9.17, 15) is 0 Å². The predicted molar refractivity (Wildman–Crippen MR) is 104 cm³/mol. The zero-order valence-electron chi connectivity index (χ0n) is 14.3. The average molecular weight is 419 g/mol. The van der Waals surface area contributed by atoms with Crippen LogP contribution in [-0.4, -0.2) is 21.1 Å². The number of aromatic nitrogens is 3. The minimum absolute atomic E-state index is 0.227. The number of hydrogen-bond acceptors (Lipinski definition) is 5. The van der Waals surface area contributed by atoms with Gasteiger partial charge in [0.1, 0.15) is 11.5 Å². The van der Waals surface area contributed by atoms with E-state index < -0.39 is 0 Å². The van der Waals surface area contributed by atoms with Crippen LogP contribution in [0.5, 0.6) is 0 Å². The molecule has 130 valence electrons. The summed E-state index contributed by atoms with van der Waals surface area (Å²) in [4.78, 5) is 0. The molecule has 3 aromatic rings. The van der Waals surface area contributed by atoms with E-state index in [0.717, 1.165) is 27.0 Å². The molecule has 0 radical (unpaired) electrons. The first-order chi connectivity index (χ1) is 12.0. The Hall–Kier alpha value is -1.86. The molecule has 0 amide bonds. The molecule has 0 spiro atoms. The second-order valence-electron chi connectivity index (χ2n) is 5.92. The predicted octanol–water partition coefficient (Wildman–Crippen LogP) is 5.24. The molecule has 7 heteroatoms. The summed E-state index contributed by atoms with van der Waals surface area (Å²) in [5.74, 6) is 3.44. The molecule has 3 rings (SSSR count). The Labute approximate surface area is 159 Å². The molecule has 0 atom stereocenters. The van der Waals surface area contributed by atoms with Crippen molar-refractivity contribution in [3.63, 3.8) is 0 Å². The van der Waals surface area contributed by atoms with Gasteiger partial charge in [-0.15, -0.1) is 10.2 Å². The average Bonchev–Trinajstić information content (AvgIpc) is 3.18. The van der Waals surface area contributed by atoms with Crippen molar-refractivity contribution in [3.05, 3.63) is 63.8 Å². The smallest absolute Gasteiger partial charge is 0.212 e. The van der Waals surface area contributed by atoms with E-state index in [1.807, 2.05) is 31.2 Å².